The summed E-state index contributed by atoms with van der Waals surface area (Å²) < 4.78 is 5.50. The summed E-state index contributed by atoms with van der Waals surface area (Å²) in [5.41, 5.74) is 8.58. The Morgan fingerprint density at radius 1 is 1.03 bits per heavy atom. The number of rotatable bonds is 6. The minimum atomic E-state index is 0.615. The van der Waals surface area contributed by atoms with Crippen LogP contribution >= 0.6 is 0 Å². The minimum Gasteiger partial charge on any atom is -0.493 e. The number of para-hydroxylation sites is 1. The van der Waals surface area contributed by atoms with Gasteiger partial charge in [0, 0.05) is 36.1 Å². The summed E-state index contributed by atoms with van der Waals surface area (Å²) >= 11 is 0. The first kappa shape index (κ1) is 27.7. The molecule has 1 aliphatic heterocycles. The third-order valence-electron chi connectivity index (χ3n) is 4.73. The van der Waals surface area contributed by atoms with Crippen LogP contribution in [0.25, 0.3) is 0 Å². The minimum absolute atomic E-state index is 0.615. The fourth-order valence-corrected chi connectivity index (χ4v) is 2.94. The summed E-state index contributed by atoms with van der Waals surface area (Å²) in [7, 11) is 1.96. The summed E-state index contributed by atoms with van der Waals surface area (Å²) in [5.74, 6) is 1.71. The Bertz CT molecular complexity index is 858. The SMILES string of the molecule is CCC1COc2ccccc21.CCCNC.Nc1ccncc1.O=CNCc1ccccc1. The maximum Gasteiger partial charge on any atom is 0.207 e. The van der Waals surface area contributed by atoms with E-state index >= 15 is 0 Å². The van der Waals surface area contributed by atoms with Gasteiger partial charge in [-0.2, -0.15) is 0 Å². The number of aromatic nitrogens is 1. The molecule has 178 valence electrons. The Kier molecular flexibility index (Phi) is 15.3. The predicted octanol–water partition coefficient (Wildman–Crippen LogP) is 4.78. The number of hydrogen-bond acceptors (Lipinski definition) is 5. The summed E-state index contributed by atoms with van der Waals surface area (Å²) in [6.07, 6.45) is 6.44. The fraction of sp³-hybridized carbons (Fsp3) is 0.333. The van der Waals surface area contributed by atoms with Gasteiger partial charge in [0.1, 0.15) is 5.75 Å². The molecule has 1 aliphatic rings. The molecule has 2 heterocycles. The maximum absolute atomic E-state index is 9.87. The largest absolute Gasteiger partial charge is 0.493 e. The number of hydrogen-bond donors (Lipinski definition) is 3. The van der Waals surface area contributed by atoms with Crippen LogP contribution in [0, 0.1) is 0 Å². The number of amides is 1. The van der Waals surface area contributed by atoms with E-state index in [4.69, 9.17) is 10.5 Å². The lowest BCUT2D eigenvalue weighted by Crippen LogP contribution is -2.09. The van der Waals surface area contributed by atoms with Gasteiger partial charge >= 0.3 is 0 Å². The molecule has 0 bridgehead atoms. The molecule has 0 radical (unpaired) electrons. The highest BCUT2D eigenvalue weighted by molar-refractivity contribution is 5.46. The average molecular weight is 451 g/mol. The molecule has 33 heavy (non-hydrogen) atoms. The lowest BCUT2D eigenvalue weighted by atomic mass is 9.99. The number of nitrogens with zero attached hydrogens (tertiary/aromatic N) is 1. The van der Waals surface area contributed by atoms with Gasteiger partial charge in [-0.05, 0) is 50.2 Å². The number of nitrogen functional groups attached to an aromatic ring is 1. The average Bonchev–Trinajstić information content (AvgIpc) is 3.29. The monoisotopic (exact) mass is 450 g/mol. The third kappa shape index (κ3) is 12.3. The van der Waals surface area contributed by atoms with Gasteiger partial charge in [0.05, 0.1) is 6.61 Å². The molecule has 0 saturated carbocycles. The third-order valence-corrected chi connectivity index (χ3v) is 4.73. The summed E-state index contributed by atoms with van der Waals surface area (Å²) in [5, 5.41) is 5.60. The van der Waals surface area contributed by atoms with Gasteiger partial charge < -0.3 is 21.1 Å². The highest BCUT2D eigenvalue weighted by Crippen LogP contribution is 2.34. The van der Waals surface area contributed by atoms with Gasteiger partial charge in [-0.3, -0.25) is 9.78 Å². The zero-order valence-corrected chi connectivity index (χ0v) is 20.0. The molecule has 3 aromatic rings. The Balaban J connectivity index is 0.000000230. The lowest BCUT2D eigenvalue weighted by molar-refractivity contribution is -0.109. The Hall–Kier alpha value is -3.38. The zero-order valence-electron chi connectivity index (χ0n) is 20.0. The highest BCUT2D eigenvalue weighted by atomic mass is 16.5. The van der Waals surface area contributed by atoms with Crippen molar-refractivity contribution in [3.63, 3.8) is 0 Å². The number of ether oxygens (including phenoxy) is 1. The normalized spacial score (nSPS) is 12.8. The molecule has 0 spiro atoms. The van der Waals surface area contributed by atoms with Gasteiger partial charge in [-0.15, -0.1) is 0 Å². The molecule has 4 N–H and O–H groups in total. The second kappa shape index (κ2) is 18.2. The number of pyridine rings is 1. The van der Waals surface area contributed by atoms with Crippen molar-refractivity contribution in [2.45, 2.75) is 39.2 Å². The van der Waals surface area contributed by atoms with Crippen molar-refractivity contribution in [3.8, 4) is 5.75 Å². The van der Waals surface area contributed by atoms with E-state index in [-0.39, 0.29) is 0 Å². The molecule has 1 aromatic heterocycles. The van der Waals surface area contributed by atoms with Crippen molar-refractivity contribution >= 4 is 12.1 Å². The fourth-order valence-electron chi connectivity index (χ4n) is 2.94. The van der Waals surface area contributed by atoms with Crippen molar-refractivity contribution in [1.29, 1.82) is 0 Å². The number of fused-ring (bicyclic) bond motifs is 1. The first-order valence-corrected chi connectivity index (χ1v) is 11.4. The molecular formula is C27H38N4O2. The number of carbonyl (C=O) groups excluding carboxylic acids is 1. The van der Waals surface area contributed by atoms with Crippen LogP contribution in [0.1, 0.15) is 43.7 Å². The van der Waals surface area contributed by atoms with E-state index in [1.54, 1.807) is 24.5 Å². The van der Waals surface area contributed by atoms with Crippen LogP contribution in [0.4, 0.5) is 5.69 Å². The number of anilines is 1. The number of nitrogens with two attached hydrogens (primary N) is 1. The molecule has 0 aliphatic carbocycles. The maximum atomic E-state index is 9.87. The zero-order chi connectivity index (χ0) is 24.2. The summed E-state index contributed by atoms with van der Waals surface area (Å²) in [6, 6.07) is 21.6. The van der Waals surface area contributed by atoms with Crippen LogP contribution in [0.3, 0.4) is 0 Å². The van der Waals surface area contributed by atoms with E-state index in [0.29, 0.717) is 18.9 Å². The van der Waals surface area contributed by atoms with E-state index < -0.39 is 0 Å². The van der Waals surface area contributed by atoms with Gasteiger partial charge in [-0.1, -0.05) is 62.4 Å². The first-order valence-electron chi connectivity index (χ1n) is 11.4. The predicted molar refractivity (Wildman–Crippen MR) is 137 cm³/mol. The molecule has 6 heteroatoms. The van der Waals surface area contributed by atoms with Crippen molar-refractivity contribution in [2.24, 2.45) is 0 Å². The van der Waals surface area contributed by atoms with Gasteiger partial charge in [0.15, 0.2) is 0 Å². The summed E-state index contributed by atoms with van der Waals surface area (Å²) in [4.78, 5) is 13.6. The number of carbonyl (C=O) groups is 1. The molecule has 4 rings (SSSR count). The van der Waals surface area contributed by atoms with Crippen molar-refractivity contribution in [2.75, 3.05) is 25.9 Å². The molecular weight excluding hydrogens is 412 g/mol. The van der Waals surface area contributed by atoms with E-state index in [1.807, 2.05) is 49.5 Å². The van der Waals surface area contributed by atoms with Crippen LogP contribution < -0.4 is 21.1 Å². The Labute approximate surface area is 198 Å². The topological polar surface area (TPSA) is 89.3 Å². The van der Waals surface area contributed by atoms with E-state index in [0.717, 1.165) is 30.2 Å². The van der Waals surface area contributed by atoms with Crippen molar-refractivity contribution in [3.05, 3.63) is 90.3 Å². The second-order valence-electron chi connectivity index (χ2n) is 7.32. The summed E-state index contributed by atoms with van der Waals surface area (Å²) in [6.45, 7) is 6.98. The van der Waals surface area contributed by atoms with E-state index in [2.05, 4.69) is 41.6 Å². The van der Waals surface area contributed by atoms with Gasteiger partial charge in [0.25, 0.3) is 0 Å². The van der Waals surface area contributed by atoms with Crippen LogP contribution in [-0.2, 0) is 11.3 Å². The molecule has 1 amide bonds. The second-order valence-corrected chi connectivity index (χ2v) is 7.32. The molecule has 1 atom stereocenters. The quantitative estimate of drug-likeness (QED) is 0.470. The van der Waals surface area contributed by atoms with E-state index in [9.17, 15) is 4.79 Å². The smallest absolute Gasteiger partial charge is 0.207 e. The Morgan fingerprint density at radius 2 is 1.70 bits per heavy atom. The van der Waals surface area contributed by atoms with Gasteiger partial charge in [-0.25, -0.2) is 0 Å². The van der Waals surface area contributed by atoms with Crippen LogP contribution in [0.15, 0.2) is 79.1 Å². The van der Waals surface area contributed by atoms with Crippen molar-refractivity contribution < 1.29 is 9.53 Å². The molecule has 0 fully saturated rings. The lowest BCUT2D eigenvalue weighted by Gasteiger charge is -2.01. The molecule has 6 nitrogen and oxygen atoms in total. The molecule has 0 saturated heterocycles. The number of benzene rings is 2. The first-order chi connectivity index (χ1) is 16.2. The van der Waals surface area contributed by atoms with Crippen molar-refractivity contribution in [1.82, 2.24) is 15.6 Å². The molecule has 1 unspecified atom stereocenters. The highest BCUT2D eigenvalue weighted by Gasteiger charge is 2.20. The van der Waals surface area contributed by atoms with Crippen LogP contribution in [-0.4, -0.2) is 31.6 Å². The Morgan fingerprint density at radius 3 is 2.21 bits per heavy atom. The standard InChI is InChI=1S/C10H12O.C8H9NO.C5H6N2.C4H11N/c1-2-8-7-11-10-6-4-3-5-9(8)10;10-7-9-6-8-4-2-1-3-5-8;6-5-1-3-7-4-2-5;1-3-4-5-2/h3-6,8H,2,7H2,1H3;1-5,7H,6H2,(H,9,10);1-4H,(H2,6,7);5H,3-4H2,1-2H3. The van der Waals surface area contributed by atoms with Gasteiger partial charge in [0.2, 0.25) is 6.41 Å². The van der Waals surface area contributed by atoms with Crippen LogP contribution in [0.5, 0.6) is 5.75 Å². The number of nitrogens with one attached hydrogen (secondary N) is 2. The van der Waals surface area contributed by atoms with Crippen LogP contribution in [0.2, 0.25) is 0 Å². The molecule has 2 aromatic carbocycles. The van der Waals surface area contributed by atoms with E-state index in [1.165, 1.54) is 18.4 Å².